The largest absolute Gasteiger partial charge is 0.390 e. The van der Waals surface area contributed by atoms with Crippen LogP contribution in [0.5, 0.6) is 0 Å². The zero-order valence-electron chi connectivity index (χ0n) is 15.2. The number of rotatable bonds is 3. The van der Waals surface area contributed by atoms with Crippen LogP contribution in [-0.2, 0) is 11.2 Å². The minimum absolute atomic E-state index is 0.297. The first-order valence-electron chi connectivity index (χ1n) is 9.26. The molecule has 1 aliphatic heterocycles. The van der Waals surface area contributed by atoms with Gasteiger partial charge in [-0.25, -0.2) is 15.0 Å². The fraction of sp³-hybridized carbons (Fsp3) is 0.421. The van der Waals surface area contributed by atoms with E-state index in [9.17, 15) is 15.3 Å². The summed E-state index contributed by atoms with van der Waals surface area (Å²) in [6.45, 7) is 1.70. The second-order valence-electron chi connectivity index (χ2n) is 7.35. The van der Waals surface area contributed by atoms with Gasteiger partial charge in [0.1, 0.15) is 18.5 Å². The molecule has 0 spiro atoms. The van der Waals surface area contributed by atoms with Crippen molar-refractivity contribution in [1.82, 2.24) is 19.5 Å². The van der Waals surface area contributed by atoms with Crippen molar-refractivity contribution in [2.75, 3.05) is 5.32 Å². The van der Waals surface area contributed by atoms with Crippen LogP contribution in [0.2, 0.25) is 0 Å². The highest BCUT2D eigenvalue weighted by Crippen LogP contribution is 2.36. The van der Waals surface area contributed by atoms with Gasteiger partial charge in [0.05, 0.1) is 24.6 Å². The Morgan fingerprint density at radius 2 is 1.93 bits per heavy atom. The third-order valence-corrected chi connectivity index (χ3v) is 5.61. The summed E-state index contributed by atoms with van der Waals surface area (Å²) in [6, 6.07) is 7.61. The molecule has 28 heavy (non-hydrogen) atoms. The van der Waals surface area contributed by atoms with Crippen molar-refractivity contribution >= 4 is 17.0 Å². The Labute approximate surface area is 160 Å². The van der Waals surface area contributed by atoms with Crippen LogP contribution in [0.3, 0.4) is 0 Å². The van der Waals surface area contributed by atoms with E-state index in [-0.39, 0.29) is 6.04 Å². The van der Waals surface area contributed by atoms with Crippen molar-refractivity contribution in [3.63, 3.8) is 0 Å². The zero-order valence-corrected chi connectivity index (χ0v) is 15.2. The Bertz CT molecular complexity index is 1020. The molecule has 146 valence electrons. The summed E-state index contributed by atoms with van der Waals surface area (Å²) in [4.78, 5) is 13.0. The normalized spacial score (nSPS) is 32.0. The van der Waals surface area contributed by atoms with Crippen molar-refractivity contribution in [2.24, 2.45) is 0 Å². The van der Waals surface area contributed by atoms with E-state index in [0.29, 0.717) is 23.4 Å². The van der Waals surface area contributed by atoms with Crippen LogP contribution in [0, 0.1) is 0 Å². The van der Waals surface area contributed by atoms with E-state index in [1.807, 2.05) is 24.3 Å². The molecule has 9 nitrogen and oxygen atoms in total. The van der Waals surface area contributed by atoms with Gasteiger partial charge in [0, 0.05) is 6.42 Å². The fourth-order valence-corrected chi connectivity index (χ4v) is 4.10. The topological polar surface area (TPSA) is 126 Å². The Kier molecular flexibility index (Phi) is 4.06. The highest BCUT2D eigenvalue weighted by molar-refractivity contribution is 5.83. The zero-order chi connectivity index (χ0) is 19.4. The molecule has 1 aliphatic carbocycles. The molecule has 3 aromatic rings. The standard InChI is InChI=1S/C19H21N5O4/c1-9-15(26)16(27)19(28-9)24-8-22-14-17(20-7-21-18(14)24)23-13-11-5-3-2-4-10(11)6-12(13)25/h2-5,7-9,12-13,15-16,19,25-27H,6H2,1H3,(H,20,21,23)/t9-,12+,13-,15-,16-,19-/m1/s1. The van der Waals surface area contributed by atoms with Gasteiger partial charge in [-0.1, -0.05) is 24.3 Å². The predicted molar refractivity (Wildman–Crippen MR) is 99.4 cm³/mol. The van der Waals surface area contributed by atoms with Gasteiger partial charge in [-0.2, -0.15) is 0 Å². The maximum absolute atomic E-state index is 10.5. The molecule has 2 aliphatic rings. The lowest BCUT2D eigenvalue weighted by Crippen LogP contribution is -2.30. The highest BCUT2D eigenvalue weighted by atomic mass is 16.6. The number of aromatic nitrogens is 4. The molecule has 0 radical (unpaired) electrons. The summed E-state index contributed by atoms with van der Waals surface area (Å²) in [5, 5.41) is 34.1. The van der Waals surface area contributed by atoms with Crippen LogP contribution in [0.25, 0.3) is 11.2 Å². The van der Waals surface area contributed by atoms with Crippen molar-refractivity contribution in [1.29, 1.82) is 0 Å². The van der Waals surface area contributed by atoms with Gasteiger partial charge in [-0.05, 0) is 18.1 Å². The monoisotopic (exact) mass is 383 g/mol. The minimum Gasteiger partial charge on any atom is -0.390 e. The average molecular weight is 383 g/mol. The predicted octanol–water partition coefficient (Wildman–Crippen LogP) is 0.536. The molecule has 5 rings (SSSR count). The van der Waals surface area contributed by atoms with Crippen molar-refractivity contribution in [3.05, 3.63) is 48.0 Å². The summed E-state index contributed by atoms with van der Waals surface area (Å²) in [5.74, 6) is 0.491. The molecule has 0 unspecified atom stereocenters. The number of fused-ring (bicyclic) bond motifs is 2. The molecule has 0 amide bonds. The summed E-state index contributed by atoms with van der Waals surface area (Å²) in [6.07, 6.45) is -0.416. The number of anilines is 1. The van der Waals surface area contributed by atoms with Crippen LogP contribution in [0.1, 0.15) is 30.3 Å². The number of hydrogen-bond donors (Lipinski definition) is 4. The smallest absolute Gasteiger partial charge is 0.167 e. The van der Waals surface area contributed by atoms with Gasteiger partial charge >= 0.3 is 0 Å². The second kappa shape index (κ2) is 6.49. The number of hydrogen-bond acceptors (Lipinski definition) is 8. The van der Waals surface area contributed by atoms with Gasteiger partial charge in [0.2, 0.25) is 0 Å². The second-order valence-corrected chi connectivity index (χ2v) is 7.35. The number of aliphatic hydroxyl groups is 3. The molecule has 4 N–H and O–H groups in total. The van der Waals surface area contributed by atoms with Crippen molar-refractivity contribution < 1.29 is 20.1 Å². The van der Waals surface area contributed by atoms with Crippen LogP contribution in [0.4, 0.5) is 5.82 Å². The van der Waals surface area contributed by atoms with E-state index < -0.39 is 30.6 Å². The number of imidazole rings is 1. The summed E-state index contributed by atoms with van der Waals surface area (Å²) >= 11 is 0. The first-order chi connectivity index (χ1) is 13.5. The molecule has 1 aromatic carbocycles. The lowest BCUT2D eigenvalue weighted by molar-refractivity contribution is -0.0299. The maximum Gasteiger partial charge on any atom is 0.167 e. The Morgan fingerprint density at radius 3 is 2.71 bits per heavy atom. The van der Waals surface area contributed by atoms with Crippen LogP contribution < -0.4 is 5.32 Å². The summed E-state index contributed by atoms with van der Waals surface area (Å²) < 4.78 is 7.27. The molecule has 2 aromatic heterocycles. The molecule has 6 atom stereocenters. The molecule has 9 heteroatoms. The van der Waals surface area contributed by atoms with Gasteiger partial charge in [0.15, 0.2) is 23.2 Å². The molecule has 1 fully saturated rings. The summed E-state index contributed by atoms with van der Waals surface area (Å²) in [7, 11) is 0. The minimum atomic E-state index is -1.08. The number of aliphatic hydroxyl groups excluding tert-OH is 3. The van der Waals surface area contributed by atoms with Gasteiger partial charge in [-0.3, -0.25) is 4.57 Å². The van der Waals surface area contributed by atoms with Crippen LogP contribution in [-0.4, -0.2) is 59.3 Å². The van der Waals surface area contributed by atoms with Crippen molar-refractivity contribution in [2.45, 2.75) is 50.0 Å². The molecule has 3 heterocycles. The van der Waals surface area contributed by atoms with E-state index in [1.54, 1.807) is 11.5 Å². The number of ether oxygens (including phenoxy) is 1. The quantitative estimate of drug-likeness (QED) is 0.516. The Balaban J connectivity index is 1.50. The molecular weight excluding hydrogens is 362 g/mol. The number of benzene rings is 1. The van der Waals surface area contributed by atoms with Gasteiger partial charge in [-0.15, -0.1) is 0 Å². The fourth-order valence-electron chi connectivity index (χ4n) is 4.10. The van der Waals surface area contributed by atoms with E-state index in [4.69, 9.17) is 4.74 Å². The average Bonchev–Trinajstić information content (AvgIpc) is 3.33. The van der Waals surface area contributed by atoms with E-state index >= 15 is 0 Å². The van der Waals surface area contributed by atoms with E-state index in [0.717, 1.165) is 11.1 Å². The third kappa shape index (κ3) is 2.59. The maximum atomic E-state index is 10.5. The van der Waals surface area contributed by atoms with Gasteiger partial charge in [0.25, 0.3) is 0 Å². The van der Waals surface area contributed by atoms with E-state index in [1.165, 1.54) is 12.7 Å². The Morgan fingerprint density at radius 1 is 1.11 bits per heavy atom. The first-order valence-corrected chi connectivity index (χ1v) is 9.26. The third-order valence-electron chi connectivity index (χ3n) is 5.61. The number of nitrogens with one attached hydrogen (secondary N) is 1. The Hall–Kier alpha value is -2.59. The highest BCUT2D eigenvalue weighted by Gasteiger charge is 2.42. The lowest BCUT2D eigenvalue weighted by Gasteiger charge is -2.19. The molecule has 1 saturated heterocycles. The van der Waals surface area contributed by atoms with Crippen LogP contribution >= 0.6 is 0 Å². The van der Waals surface area contributed by atoms with Crippen molar-refractivity contribution in [3.8, 4) is 0 Å². The van der Waals surface area contributed by atoms with Crippen LogP contribution in [0.15, 0.2) is 36.9 Å². The molecule has 0 bridgehead atoms. The van der Waals surface area contributed by atoms with Gasteiger partial charge < -0.3 is 25.4 Å². The lowest BCUT2D eigenvalue weighted by atomic mass is 10.1. The molecule has 0 saturated carbocycles. The summed E-state index contributed by atoms with van der Waals surface area (Å²) in [5.41, 5.74) is 3.12. The molecular formula is C19H21N5O4. The SMILES string of the molecule is C[C@H]1O[C@@H](n2cnc3c(N[C@@H]4c5ccccc5C[C@@H]4O)ncnc32)[C@H](O)[C@@H]1O. The number of nitrogens with zero attached hydrogens (tertiary/aromatic N) is 4. The first kappa shape index (κ1) is 17.5. The van der Waals surface area contributed by atoms with E-state index in [2.05, 4.69) is 20.3 Å².